The minimum atomic E-state index is -0.618. The third kappa shape index (κ3) is 5.41. The summed E-state index contributed by atoms with van der Waals surface area (Å²) in [5.74, 6) is -0.102. The summed E-state index contributed by atoms with van der Waals surface area (Å²) in [6.45, 7) is 9.44. The SMILES string of the molecule is CCCN(CCC)CC1(O)CCC(C(=O)OCC)CC1. The van der Waals surface area contributed by atoms with E-state index in [1.165, 1.54) is 0 Å². The predicted octanol–water partition coefficient (Wildman–Crippen LogP) is 2.59. The van der Waals surface area contributed by atoms with Crippen molar-refractivity contribution < 1.29 is 14.6 Å². The Balaban J connectivity index is 2.46. The summed E-state index contributed by atoms with van der Waals surface area (Å²) in [6.07, 6.45) is 5.15. The van der Waals surface area contributed by atoms with E-state index in [-0.39, 0.29) is 11.9 Å². The number of rotatable bonds is 8. The van der Waals surface area contributed by atoms with Crippen LogP contribution in [0.1, 0.15) is 59.3 Å². The summed E-state index contributed by atoms with van der Waals surface area (Å²) < 4.78 is 5.08. The smallest absolute Gasteiger partial charge is 0.308 e. The molecule has 0 atom stereocenters. The number of hydrogen-bond donors (Lipinski definition) is 1. The summed E-state index contributed by atoms with van der Waals surface area (Å²) in [5, 5.41) is 10.7. The number of aliphatic hydroxyl groups is 1. The maximum absolute atomic E-state index is 11.7. The second-order valence-corrected chi connectivity index (χ2v) is 6.03. The van der Waals surface area contributed by atoms with Crippen molar-refractivity contribution in [2.75, 3.05) is 26.2 Å². The second-order valence-electron chi connectivity index (χ2n) is 6.03. The minimum absolute atomic E-state index is 0.0129. The summed E-state index contributed by atoms with van der Waals surface area (Å²) in [6, 6.07) is 0. The number of nitrogens with zero attached hydrogens (tertiary/aromatic N) is 1. The average molecular weight is 285 g/mol. The Hall–Kier alpha value is -0.610. The number of carbonyl (C=O) groups is 1. The Morgan fingerprint density at radius 2 is 1.75 bits per heavy atom. The van der Waals surface area contributed by atoms with Crippen molar-refractivity contribution in [2.24, 2.45) is 5.92 Å². The van der Waals surface area contributed by atoms with Gasteiger partial charge in [0.2, 0.25) is 0 Å². The standard InChI is InChI=1S/C16H31NO3/c1-4-11-17(12-5-2)13-16(19)9-7-14(8-10-16)15(18)20-6-3/h14,19H,4-13H2,1-3H3. The van der Waals surface area contributed by atoms with Crippen molar-refractivity contribution in [3.8, 4) is 0 Å². The van der Waals surface area contributed by atoms with Gasteiger partial charge in [-0.05, 0) is 58.5 Å². The molecule has 1 fully saturated rings. The van der Waals surface area contributed by atoms with Crippen molar-refractivity contribution in [1.82, 2.24) is 4.90 Å². The van der Waals surface area contributed by atoms with E-state index in [1.54, 1.807) is 0 Å². The van der Waals surface area contributed by atoms with Crippen LogP contribution in [-0.4, -0.2) is 47.8 Å². The van der Waals surface area contributed by atoms with Crippen LogP contribution in [0.15, 0.2) is 0 Å². The van der Waals surface area contributed by atoms with Crippen LogP contribution < -0.4 is 0 Å². The Morgan fingerprint density at radius 1 is 1.20 bits per heavy atom. The van der Waals surface area contributed by atoms with Gasteiger partial charge in [0.05, 0.1) is 18.1 Å². The predicted molar refractivity (Wildman–Crippen MR) is 80.6 cm³/mol. The molecule has 118 valence electrons. The summed E-state index contributed by atoms with van der Waals surface area (Å²) in [5.41, 5.74) is -0.618. The molecule has 0 heterocycles. The third-order valence-electron chi connectivity index (χ3n) is 4.13. The molecule has 0 bridgehead atoms. The van der Waals surface area contributed by atoms with Crippen molar-refractivity contribution in [3.05, 3.63) is 0 Å². The van der Waals surface area contributed by atoms with Gasteiger partial charge < -0.3 is 14.7 Å². The maximum atomic E-state index is 11.7. The Kier molecular flexibility index (Phi) is 7.52. The molecule has 1 rings (SSSR count). The molecular weight excluding hydrogens is 254 g/mol. The van der Waals surface area contributed by atoms with Gasteiger partial charge in [-0.1, -0.05) is 13.8 Å². The number of carbonyl (C=O) groups excluding carboxylic acids is 1. The molecule has 0 aliphatic heterocycles. The second kappa shape index (κ2) is 8.63. The van der Waals surface area contributed by atoms with E-state index in [0.717, 1.165) is 45.3 Å². The zero-order chi connectivity index (χ0) is 15.0. The molecule has 0 aromatic carbocycles. The van der Waals surface area contributed by atoms with Gasteiger partial charge in [0, 0.05) is 6.54 Å². The van der Waals surface area contributed by atoms with Gasteiger partial charge >= 0.3 is 5.97 Å². The lowest BCUT2D eigenvalue weighted by Gasteiger charge is -2.38. The molecule has 0 aromatic heterocycles. The topological polar surface area (TPSA) is 49.8 Å². The number of esters is 1. The largest absolute Gasteiger partial charge is 0.466 e. The summed E-state index contributed by atoms with van der Waals surface area (Å²) in [4.78, 5) is 14.1. The fourth-order valence-electron chi connectivity index (χ4n) is 3.13. The highest BCUT2D eigenvalue weighted by Gasteiger charge is 2.37. The zero-order valence-electron chi connectivity index (χ0n) is 13.4. The van der Waals surface area contributed by atoms with E-state index in [2.05, 4.69) is 18.7 Å². The van der Waals surface area contributed by atoms with E-state index in [0.29, 0.717) is 19.4 Å². The van der Waals surface area contributed by atoms with E-state index >= 15 is 0 Å². The first-order chi connectivity index (χ1) is 9.54. The highest BCUT2D eigenvalue weighted by molar-refractivity contribution is 5.72. The molecule has 0 radical (unpaired) electrons. The molecular formula is C16H31NO3. The molecule has 1 saturated carbocycles. The quantitative estimate of drug-likeness (QED) is 0.696. The Morgan fingerprint density at radius 3 is 2.20 bits per heavy atom. The van der Waals surface area contributed by atoms with Crippen LogP contribution in [-0.2, 0) is 9.53 Å². The van der Waals surface area contributed by atoms with Crippen molar-refractivity contribution in [3.63, 3.8) is 0 Å². The highest BCUT2D eigenvalue weighted by atomic mass is 16.5. The molecule has 1 N–H and O–H groups in total. The van der Waals surface area contributed by atoms with Crippen LogP contribution in [0.5, 0.6) is 0 Å². The molecule has 1 aliphatic carbocycles. The summed E-state index contributed by atoms with van der Waals surface area (Å²) >= 11 is 0. The van der Waals surface area contributed by atoms with Crippen LogP contribution in [0.25, 0.3) is 0 Å². The first-order valence-corrected chi connectivity index (χ1v) is 8.16. The van der Waals surface area contributed by atoms with Crippen molar-refractivity contribution in [1.29, 1.82) is 0 Å². The minimum Gasteiger partial charge on any atom is -0.466 e. The first-order valence-electron chi connectivity index (χ1n) is 8.16. The van der Waals surface area contributed by atoms with E-state index in [9.17, 15) is 9.90 Å². The van der Waals surface area contributed by atoms with Gasteiger partial charge in [-0.2, -0.15) is 0 Å². The van der Waals surface area contributed by atoms with Crippen LogP contribution in [0.3, 0.4) is 0 Å². The monoisotopic (exact) mass is 285 g/mol. The van der Waals surface area contributed by atoms with Crippen LogP contribution in [0, 0.1) is 5.92 Å². The van der Waals surface area contributed by atoms with Crippen molar-refractivity contribution >= 4 is 5.97 Å². The van der Waals surface area contributed by atoms with E-state index < -0.39 is 5.60 Å². The van der Waals surface area contributed by atoms with Crippen molar-refractivity contribution in [2.45, 2.75) is 64.9 Å². The Bertz CT molecular complexity index is 279. The fourth-order valence-corrected chi connectivity index (χ4v) is 3.13. The van der Waals surface area contributed by atoms with Gasteiger partial charge in [0.1, 0.15) is 0 Å². The fraction of sp³-hybridized carbons (Fsp3) is 0.938. The lowest BCUT2D eigenvalue weighted by molar-refractivity contribution is -0.151. The lowest BCUT2D eigenvalue weighted by Crippen LogP contribution is -2.46. The van der Waals surface area contributed by atoms with E-state index in [4.69, 9.17) is 4.74 Å². The van der Waals surface area contributed by atoms with Gasteiger partial charge in [0.15, 0.2) is 0 Å². The number of ether oxygens (including phenoxy) is 1. The van der Waals surface area contributed by atoms with Crippen LogP contribution >= 0.6 is 0 Å². The molecule has 0 amide bonds. The van der Waals surface area contributed by atoms with Crippen LogP contribution in [0.2, 0.25) is 0 Å². The summed E-state index contributed by atoms with van der Waals surface area (Å²) in [7, 11) is 0. The van der Waals surface area contributed by atoms with Gasteiger partial charge in [0.25, 0.3) is 0 Å². The van der Waals surface area contributed by atoms with Gasteiger partial charge in [-0.25, -0.2) is 0 Å². The Labute approximate surface area is 123 Å². The molecule has 20 heavy (non-hydrogen) atoms. The van der Waals surface area contributed by atoms with Crippen LogP contribution in [0.4, 0.5) is 0 Å². The molecule has 4 heteroatoms. The third-order valence-corrected chi connectivity index (χ3v) is 4.13. The average Bonchev–Trinajstić information content (AvgIpc) is 2.40. The molecule has 0 unspecified atom stereocenters. The van der Waals surface area contributed by atoms with Gasteiger partial charge in [-0.3, -0.25) is 4.79 Å². The molecule has 1 aliphatic rings. The zero-order valence-corrected chi connectivity index (χ0v) is 13.4. The van der Waals surface area contributed by atoms with E-state index in [1.807, 2.05) is 6.92 Å². The normalized spacial score (nSPS) is 26.8. The number of hydrogen-bond acceptors (Lipinski definition) is 4. The van der Waals surface area contributed by atoms with Gasteiger partial charge in [-0.15, -0.1) is 0 Å². The highest BCUT2D eigenvalue weighted by Crippen LogP contribution is 2.33. The molecule has 0 aromatic rings. The molecule has 0 spiro atoms. The lowest BCUT2D eigenvalue weighted by atomic mass is 9.78. The first kappa shape index (κ1) is 17.4. The maximum Gasteiger partial charge on any atom is 0.308 e. The molecule has 4 nitrogen and oxygen atoms in total. The molecule has 0 saturated heterocycles.